The molecular weight excluding hydrogens is 344 g/mol. The Labute approximate surface area is 159 Å². The summed E-state index contributed by atoms with van der Waals surface area (Å²) < 4.78 is 5.13. The molecule has 1 saturated heterocycles. The quantitative estimate of drug-likeness (QED) is 0.752. The van der Waals surface area contributed by atoms with Gasteiger partial charge in [0.25, 0.3) is 0 Å². The zero-order valence-electron chi connectivity index (χ0n) is 16.2. The van der Waals surface area contributed by atoms with Gasteiger partial charge in [0.15, 0.2) is 0 Å². The Morgan fingerprint density at radius 2 is 2.07 bits per heavy atom. The highest BCUT2D eigenvalue weighted by atomic mass is 16.6. The number of ether oxygens (including phenoxy) is 1. The van der Waals surface area contributed by atoms with Crippen molar-refractivity contribution in [2.45, 2.75) is 45.4 Å². The first-order valence-corrected chi connectivity index (χ1v) is 9.34. The van der Waals surface area contributed by atoms with Gasteiger partial charge in [-0.1, -0.05) is 18.2 Å². The van der Waals surface area contributed by atoms with Gasteiger partial charge in [0.2, 0.25) is 5.91 Å². The zero-order chi connectivity index (χ0) is 19.4. The van der Waals surface area contributed by atoms with E-state index in [0.717, 1.165) is 31.6 Å². The molecule has 2 heterocycles. The number of carbonyl (C=O) groups excluding carboxylic acids is 2. The molecule has 3 rings (SSSR count). The predicted molar refractivity (Wildman–Crippen MR) is 104 cm³/mol. The lowest BCUT2D eigenvalue weighted by molar-refractivity contribution is -0.120. The van der Waals surface area contributed by atoms with Crippen molar-refractivity contribution >= 4 is 22.9 Å². The largest absolute Gasteiger partial charge is 0.444 e. The summed E-state index contributed by atoms with van der Waals surface area (Å²) in [6, 6.07) is 8.37. The molecule has 7 heteroatoms. The van der Waals surface area contributed by atoms with E-state index in [2.05, 4.69) is 38.8 Å². The van der Waals surface area contributed by atoms with Gasteiger partial charge in [-0.2, -0.15) is 0 Å². The third-order valence-corrected chi connectivity index (χ3v) is 4.50. The van der Waals surface area contributed by atoms with Gasteiger partial charge in [0.05, 0.1) is 0 Å². The first-order chi connectivity index (χ1) is 12.8. The first-order valence-electron chi connectivity index (χ1n) is 9.34. The molecule has 1 aliphatic rings. The van der Waals surface area contributed by atoms with Crippen LogP contribution < -0.4 is 10.6 Å². The van der Waals surface area contributed by atoms with Crippen LogP contribution in [-0.2, 0) is 16.1 Å². The minimum Gasteiger partial charge on any atom is -0.444 e. The van der Waals surface area contributed by atoms with Crippen LogP contribution in [0.1, 0.15) is 32.8 Å². The molecule has 1 aromatic heterocycles. The van der Waals surface area contributed by atoms with E-state index in [1.165, 1.54) is 10.9 Å². The molecule has 27 heavy (non-hydrogen) atoms. The van der Waals surface area contributed by atoms with E-state index >= 15 is 0 Å². The average Bonchev–Trinajstić information content (AvgIpc) is 3.19. The number of aromatic amines is 1. The number of likely N-dealkylation sites (tertiary alicyclic amines) is 1. The Kier molecular flexibility index (Phi) is 5.70. The van der Waals surface area contributed by atoms with E-state index in [1.54, 1.807) is 20.8 Å². The van der Waals surface area contributed by atoms with Crippen LogP contribution in [0.3, 0.4) is 0 Å². The van der Waals surface area contributed by atoms with Crippen LogP contribution in [0.2, 0.25) is 0 Å². The summed E-state index contributed by atoms with van der Waals surface area (Å²) >= 11 is 0. The van der Waals surface area contributed by atoms with Crippen LogP contribution in [0, 0.1) is 0 Å². The number of carbonyl (C=O) groups is 2. The molecule has 1 unspecified atom stereocenters. The molecule has 3 N–H and O–H groups in total. The second kappa shape index (κ2) is 8.00. The number of hydrogen-bond donors (Lipinski definition) is 3. The highest BCUT2D eigenvalue weighted by Crippen LogP contribution is 2.21. The van der Waals surface area contributed by atoms with E-state index in [0.29, 0.717) is 0 Å². The Hall–Kier alpha value is -2.54. The molecule has 0 radical (unpaired) electrons. The van der Waals surface area contributed by atoms with E-state index in [4.69, 9.17) is 4.74 Å². The van der Waals surface area contributed by atoms with Crippen molar-refractivity contribution in [3.63, 3.8) is 0 Å². The molecule has 1 aromatic carbocycles. The number of hydrogen-bond acceptors (Lipinski definition) is 4. The summed E-state index contributed by atoms with van der Waals surface area (Å²) in [5.41, 5.74) is 1.84. The fourth-order valence-electron chi connectivity index (χ4n) is 3.34. The average molecular weight is 372 g/mol. The van der Waals surface area contributed by atoms with Gasteiger partial charge in [-0.3, -0.25) is 9.69 Å². The Morgan fingerprint density at radius 1 is 1.30 bits per heavy atom. The van der Waals surface area contributed by atoms with Gasteiger partial charge < -0.3 is 20.4 Å². The SMILES string of the molecule is CC(C)(C)OC(=O)NCC(=O)NC1CCN(Cc2c[nH]c3ccccc23)C1. The number of amides is 2. The van der Waals surface area contributed by atoms with Gasteiger partial charge in [-0.25, -0.2) is 4.79 Å². The zero-order valence-corrected chi connectivity index (χ0v) is 16.2. The van der Waals surface area contributed by atoms with Crippen LogP contribution in [-0.4, -0.2) is 53.2 Å². The highest BCUT2D eigenvalue weighted by molar-refractivity contribution is 5.83. The molecule has 0 spiro atoms. The number of fused-ring (bicyclic) bond motifs is 1. The maximum atomic E-state index is 12.1. The molecule has 0 saturated carbocycles. The van der Waals surface area contributed by atoms with Crippen LogP contribution in [0.5, 0.6) is 0 Å². The summed E-state index contributed by atoms with van der Waals surface area (Å²) in [5, 5.41) is 6.72. The number of alkyl carbamates (subject to hydrolysis) is 1. The lowest BCUT2D eigenvalue weighted by Gasteiger charge is -2.20. The minimum atomic E-state index is -0.579. The van der Waals surface area contributed by atoms with Gasteiger partial charge in [-0.05, 0) is 38.8 Å². The van der Waals surface area contributed by atoms with Crippen molar-refractivity contribution < 1.29 is 14.3 Å². The molecule has 2 amide bonds. The molecule has 146 valence electrons. The van der Waals surface area contributed by atoms with Crippen LogP contribution >= 0.6 is 0 Å². The lowest BCUT2D eigenvalue weighted by atomic mass is 10.1. The molecule has 2 aromatic rings. The summed E-state index contributed by atoms with van der Waals surface area (Å²) in [7, 11) is 0. The van der Waals surface area contributed by atoms with Crippen molar-refractivity contribution in [3.05, 3.63) is 36.0 Å². The molecule has 1 fully saturated rings. The molecule has 1 atom stereocenters. The maximum Gasteiger partial charge on any atom is 0.408 e. The molecule has 7 nitrogen and oxygen atoms in total. The molecule has 1 aliphatic heterocycles. The molecular formula is C20H28N4O3. The second-order valence-corrected chi connectivity index (χ2v) is 8.00. The Balaban J connectivity index is 1.43. The second-order valence-electron chi connectivity index (χ2n) is 8.00. The van der Waals surface area contributed by atoms with Gasteiger partial charge in [0, 0.05) is 42.8 Å². The van der Waals surface area contributed by atoms with E-state index < -0.39 is 11.7 Å². The predicted octanol–water partition coefficient (Wildman–Crippen LogP) is 2.38. The number of nitrogens with zero attached hydrogens (tertiary/aromatic N) is 1. The third-order valence-electron chi connectivity index (χ3n) is 4.50. The summed E-state index contributed by atoms with van der Waals surface area (Å²) in [6.07, 6.45) is 2.38. The smallest absolute Gasteiger partial charge is 0.408 e. The standard InChI is InChI=1S/C20H28N4O3/c1-20(2,3)27-19(26)22-11-18(25)23-15-8-9-24(13-15)12-14-10-21-17-7-5-4-6-16(14)17/h4-7,10,15,21H,8-9,11-13H2,1-3H3,(H,22,26)(H,23,25). The van der Waals surface area contributed by atoms with Crippen molar-refractivity contribution in [1.29, 1.82) is 0 Å². The Morgan fingerprint density at radius 3 is 2.85 bits per heavy atom. The van der Waals surface area contributed by atoms with Crippen molar-refractivity contribution in [1.82, 2.24) is 20.5 Å². The van der Waals surface area contributed by atoms with E-state index in [-0.39, 0.29) is 18.5 Å². The van der Waals surface area contributed by atoms with Crippen LogP contribution in [0.25, 0.3) is 10.9 Å². The summed E-state index contributed by atoms with van der Waals surface area (Å²) in [6.45, 7) is 7.87. The number of nitrogens with one attached hydrogen (secondary N) is 3. The van der Waals surface area contributed by atoms with Crippen molar-refractivity contribution in [2.75, 3.05) is 19.6 Å². The van der Waals surface area contributed by atoms with Crippen molar-refractivity contribution in [3.8, 4) is 0 Å². The molecule has 0 bridgehead atoms. The number of para-hydroxylation sites is 1. The van der Waals surface area contributed by atoms with E-state index in [1.807, 2.05) is 12.1 Å². The van der Waals surface area contributed by atoms with E-state index in [9.17, 15) is 9.59 Å². The maximum absolute atomic E-state index is 12.1. The van der Waals surface area contributed by atoms with Gasteiger partial charge in [0.1, 0.15) is 12.1 Å². The number of H-pyrrole nitrogens is 1. The van der Waals surface area contributed by atoms with Crippen molar-refractivity contribution in [2.24, 2.45) is 0 Å². The minimum absolute atomic E-state index is 0.0755. The number of benzene rings is 1. The fraction of sp³-hybridized carbons (Fsp3) is 0.500. The summed E-state index contributed by atoms with van der Waals surface area (Å²) in [4.78, 5) is 29.3. The Bertz CT molecular complexity index is 809. The molecule has 0 aliphatic carbocycles. The monoisotopic (exact) mass is 372 g/mol. The van der Waals surface area contributed by atoms with Gasteiger partial charge in [-0.15, -0.1) is 0 Å². The van der Waals surface area contributed by atoms with Crippen LogP contribution in [0.15, 0.2) is 30.5 Å². The lowest BCUT2D eigenvalue weighted by Crippen LogP contribution is -2.44. The fourth-order valence-corrected chi connectivity index (χ4v) is 3.34. The normalized spacial score (nSPS) is 17.8. The van der Waals surface area contributed by atoms with Gasteiger partial charge >= 0.3 is 6.09 Å². The first kappa shape index (κ1) is 19.2. The summed E-state index contributed by atoms with van der Waals surface area (Å²) in [5.74, 6) is -0.195. The number of rotatable bonds is 5. The highest BCUT2D eigenvalue weighted by Gasteiger charge is 2.25. The number of aromatic nitrogens is 1. The topological polar surface area (TPSA) is 86.5 Å². The van der Waals surface area contributed by atoms with Crippen LogP contribution in [0.4, 0.5) is 4.79 Å². The third kappa shape index (κ3) is 5.47.